The summed E-state index contributed by atoms with van der Waals surface area (Å²) in [5, 5.41) is 12.7. The van der Waals surface area contributed by atoms with Crippen molar-refractivity contribution in [3.05, 3.63) is 194 Å². The number of benzene rings is 10. The second-order valence-corrected chi connectivity index (χ2v) is 16.1. The fourth-order valence-corrected chi connectivity index (χ4v) is 10.5. The Morgan fingerprint density at radius 1 is 0.283 bits per heavy atom. The van der Waals surface area contributed by atoms with Gasteiger partial charge in [0.05, 0.1) is 0 Å². The Morgan fingerprint density at radius 2 is 0.767 bits per heavy atom. The second-order valence-electron chi connectivity index (χ2n) is 16.1. The fraction of sp³-hybridized carbons (Fsp3) is 0.0690. The topological polar surface area (TPSA) is 9.86 Å². The van der Waals surface area contributed by atoms with Gasteiger partial charge in [0.25, 0.3) is 0 Å². The molecular formula is C58H42N2. The number of nitrogens with zero attached hydrogens (tertiary/aromatic N) is 2. The molecule has 10 aromatic carbocycles. The summed E-state index contributed by atoms with van der Waals surface area (Å²) in [7, 11) is 0. The van der Waals surface area contributed by atoms with Gasteiger partial charge >= 0.3 is 0 Å². The van der Waals surface area contributed by atoms with E-state index in [9.17, 15) is 0 Å². The molecule has 0 bridgehead atoms. The van der Waals surface area contributed by atoms with Gasteiger partial charge in [-0.25, -0.2) is 0 Å². The fourth-order valence-electron chi connectivity index (χ4n) is 10.5. The molecule has 2 nitrogen and oxygen atoms in total. The first kappa shape index (κ1) is 34.6. The first-order valence-corrected chi connectivity index (χ1v) is 21.3. The largest absolute Gasteiger partial charge is 0.341 e. The Hall–Kier alpha value is -7.42. The number of para-hydroxylation sites is 2. The van der Waals surface area contributed by atoms with Gasteiger partial charge in [0, 0.05) is 56.7 Å². The van der Waals surface area contributed by atoms with E-state index in [0.717, 1.165) is 13.1 Å². The molecule has 0 saturated carbocycles. The predicted octanol–water partition coefficient (Wildman–Crippen LogP) is 16.1. The standard InChI is InChI=1S/C58H42N2/c1-3-59-53-26-12-10-20-44(53)46-31-29-39(34-55(46)59)41-22-14-24-48-51(41)36-52-42(40-30-32-47-45-21-11-13-27-54(45)60(4-2)56(47)35-40)23-15-25-49(52)58(48)50-33-28-37-16-8-9-19-43(37)57(50)38-17-6-5-7-18-38/h5-36H,3-4H2,1-2H3. The molecule has 60 heavy (non-hydrogen) atoms. The van der Waals surface area contributed by atoms with Crippen LogP contribution in [0.1, 0.15) is 13.8 Å². The minimum absolute atomic E-state index is 0.909. The number of fused-ring (bicyclic) bond motifs is 9. The summed E-state index contributed by atoms with van der Waals surface area (Å²) in [4.78, 5) is 0. The van der Waals surface area contributed by atoms with Crippen molar-refractivity contribution >= 4 is 75.9 Å². The lowest BCUT2D eigenvalue weighted by atomic mass is 9.82. The maximum atomic E-state index is 2.49. The van der Waals surface area contributed by atoms with Crippen molar-refractivity contribution < 1.29 is 0 Å². The Bertz CT molecular complexity index is 3500. The monoisotopic (exact) mass is 766 g/mol. The van der Waals surface area contributed by atoms with E-state index in [1.807, 2.05) is 0 Å². The number of rotatable bonds is 6. The highest BCUT2D eigenvalue weighted by Crippen LogP contribution is 2.48. The van der Waals surface area contributed by atoms with Crippen LogP contribution in [0.15, 0.2) is 194 Å². The van der Waals surface area contributed by atoms with Crippen LogP contribution >= 0.6 is 0 Å². The number of aryl methyl sites for hydroxylation is 2. The summed E-state index contributed by atoms with van der Waals surface area (Å²) in [5.74, 6) is 0. The molecule has 0 radical (unpaired) electrons. The molecule has 2 heteroatoms. The summed E-state index contributed by atoms with van der Waals surface area (Å²) < 4.78 is 4.93. The Labute approximate surface area is 349 Å². The van der Waals surface area contributed by atoms with Crippen LogP contribution in [-0.4, -0.2) is 9.13 Å². The van der Waals surface area contributed by atoms with E-state index in [2.05, 4.69) is 217 Å². The van der Waals surface area contributed by atoms with Gasteiger partial charge in [0.1, 0.15) is 0 Å². The molecule has 0 spiro atoms. The number of hydrogen-bond acceptors (Lipinski definition) is 0. The normalized spacial score (nSPS) is 12.0. The third-order valence-corrected chi connectivity index (χ3v) is 13.1. The highest BCUT2D eigenvalue weighted by Gasteiger charge is 2.21. The lowest BCUT2D eigenvalue weighted by Gasteiger charge is -2.21. The van der Waals surface area contributed by atoms with Crippen LogP contribution in [0.2, 0.25) is 0 Å². The predicted molar refractivity (Wildman–Crippen MR) is 258 cm³/mol. The van der Waals surface area contributed by atoms with Crippen LogP contribution < -0.4 is 0 Å². The van der Waals surface area contributed by atoms with E-state index in [4.69, 9.17) is 0 Å². The quantitative estimate of drug-likeness (QED) is 0.149. The maximum absolute atomic E-state index is 2.49. The van der Waals surface area contributed by atoms with Gasteiger partial charge in [-0.3, -0.25) is 0 Å². The van der Waals surface area contributed by atoms with Gasteiger partial charge in [-0.1, -0.05) is 164 Å². The van der Waals surface area contributed by atoms with Crippen molar-refractivity contribution in [2.75, 3.05) is 0 Å². The molecule has 0 atom stereocenters. The minimum atomic E-state index is 0.909. The van der Waals surface area contributed by atoms with Gasteiger partial charge < -0.3 is 9.13 Å². The van der Waals surface area contributed by atoms with Crippen molar-refractivity contribution in [2.24, 2.45) is 0 Å². The first-order chi connectivity index (χ1) is 29.7. The van der Waals surface area contributed by atoms with Crippen molar-refractivity contribution in [2.45, 2.75) is 26.9 Å². The molecule has 284 valence electrons. The molecule has 0 aliphatic rings. The minimum Gasteiger partial charge on any atom is -0.341 e. The zero-order valence-corrected chi connectivity index (χ0v) is 33.8. The van der Waals surface area contributed by atoms with Crippen LogP contribution in [0, 0.1) is 0 Å². The molecule has 0 unspecified atom stereocenters. The molecule has 0 fully saturated rings. The molecule has 0 amide bonds. The van der Waals surface area contributed by atoms with Crippen LogP contribution in [0.3, 0.4) is 0 Å². The molecule has 12 rings (SSSR count). The zero-order valence-electron chi connectivity index (χ0n) is 33.8. The number of hydrogen-bond donors (Lipinski definition) is 0. The molecule has 0 aliphatic carbocycles. The van der Waals surface area contributed by atoms with Crippen molar-refractivity contribution in [3.63, 3.8) is 0 Å². The van der Waals surface area contributed by atoms with E-state index in [1.165, 1.54) is 120 Å². The summed E-state index contributed by atoms with van der Waals surface area (Å²) in [6.07, 6.45) is 0. The third kappa shape index (κ3) is 5.07. The smallest absolute Gasteiger partial charge is 0.0497 e. The van der Waals surface area contributed by atoms with Gasteiger partial charge in [-0.15, -0.1) is 0 Å². The molecule has 0 N–H and O–H groups in total. The highest BCUT2D eigenvalue weighted by atomic mass is 15.0. The lowest BCUT2D eigenvalue weighted by molar-refractivity contribution is 0.827. The summed E-state index contributed by atoms with van der Waals surface area (Å²) >= 11 is 0. The SMILES string of the molecule is CCn1c2ccccc2c2ccc(-c3cccc4c(-c5ccc6ccccc6c5-c5ccccc5)c5cccc(-c6ccc7c8ccccc8n(CC)c7c6)c5cc34)cc21. The summed E-state index contributed by atoms with van der Waals surface area (Å²) in [6.45, 7) is 6.32. The van der Waals surface area contributed by atoms with Crippen molar-refractivity contribution in [3.8, 4) is 44.5 Å². The average Bonchev–Trinajstić information content (AvgIpc) is 3.81. The average molecular weight is 767 g/mol. The summed E-state index contributed by atoms with van der Waals surface area (Å²) in [5.41, 5.74) is 15.0. The Kier molecular flexibility index (Phi) is 7.83. The molecule has 0 aliphatic heterocycles. The van der Waals surface area contributed by atoms with Crippen molar-refractivity contribution in [1.82, 2.24) is 9.13 Å². The molecular weight excluding hydrogens is 725 g/mol. The lowest BCUT2D eigenvalue weighted by Crippen LogP contribution is -1.95. The first-order valence-electron chi connectivity index (χ1n) is 21.3. The van der Waals surface area contributed by atoms with Gasteiger partial charge in [-0.2, -0.15) is 0 Å². The van der Waals surface area contributed by atoms with Crippen LogP contribution in [0.5, 0.6) is 0 Å². The van der Waals surface area contributed by atoms with E-state index in [0.29, 0.717) is 0 Å². The molecule has 12 aromatic rings. The number of aromatic nitrogens is 2. The zero-order chi connectivity index (χ0) is 39.9. The third-order valence-electron chi connectivity index (χ3n) is 13.1. The second kappa shape index (κ2) is 13.6. The van der Waals surface area contributed by atoms with Crippen LogP contribution in [0.25, 0.3) is 120 Å². The van der Waals surface area contributed by atoms with Gasteiger partial charge in [-0.05, 0) is 121 Å². The van der Waals surface area contributed by atoms with E-state index in [1.54, 1.807) is 0 Å². The maximum Gasteiger partial charge on any atom is 0.0497 e. The molecule has 2 heterocycles. The Balaban J connectivity index is 1.20. The van der Waals surface area contributed by atoms with Crippen molar-refractivity contribution in [1.29, 1.82) is 0 Å². The van der Waals surface area contributed by atoms with E-state index in [-0.39, 0.29) is 0 Å². The van der Waals surface area contributed by atoms with Gasteiger partial charge in [0.2, 0.25) is 0 Å². The molecule has 2 aromatic heterocycles. The van der Waals surface area contributed by atoms with E-state index >= 15 is 0 Å². The summed E-state index contributed by atoms with van der Waals surface area (Å²) in [6, 6.07) is 72.7. The van der Waals surface area contributed by atoms with Crippen LogP contribution in [-0.2, 0) is 13.1 Å². The Morgan fingerprint density at radius 3 is 1.33 bits per heavy atom. The molecule has 0 saturated heterocycles. The van der Waals surface area contributed by atoms with Crippen LogP contribution in [0.4, 0.5) is 0 Å². The highest BCUT2D eigenvalue weighted by molar-refractivity contribution is 6.22. The van der Waals surface area contributed by atoms with Gasteiger partial charge in [0.15, 0.2) is 0 Å². The van der Waals surface area contributed by atoms with E-state index < -0.39 is 0 Å².